The average molecular weight is 255 g/mol. The SMILES string of the molecule is CCn1c2ccccc2c2cc(C)c(SC)cc21. The second-order valence-corrected chi connectivity index (χ2v) is 5.45. The van der Waals surface area contributed by atoms with E-state index in [2.05, 4.69) is 61.1 Å². The number of thioether (sulfide) groups is 1. The molecule has 0 N–H and O–H groups in total. The maximum absolute atomic E-state index is 2.41. The largest absolute Gasteiger partial charge is 0.341 e. The van der Waals surface area contributed by atoms with E-state index in [9.17, 15) is 0 Å². The van der Waals surface area contributed by atoms with Gasteiger partial charge >= 0.3 is 0 Å². The molecule has 0 radical (unpaired) electrons. The fourth-order valence-corrected chi connectivity index (χ4v) is 3.35. The Morgan fingerprint density at radius 2 is 1.83 bits per heavy atom. The van der Waals surface area contributed by atoms with Gasteiger partial charge in [-0.15, -0.1) is 11.8 Å². The minimum absolute atomic E-state index is 1.01. The standard InChI is InChI=1S/C16H17NS/c1-4-17-14-8-6-5-7-12(14)13-9-11(2)16(18-3)10-15(13)17/h5-10H,4H2,1-3H3. The lowest BCUT2D eigenvalue weighted by Gasteiger charge is -2.06. The molecule has 2 aromatic carbocycles. The first-order valence-corrected chi connectivity index (χ1v) is 7.54. The van der Waals surface area contributed by atoms with Crippen LogP contribution in [0.1, 0.15) is 12.5 Å². The molecule has 2 heteroatoms. The quantitative estimate of drug-likeness (QED) is 0.593. The molecule has 1 heterocycles. The van der Waals surface area contributed by atoms with Crippen molar-refractivity contribution in [3.8, 4) is 0 Å². The third-order valence-corrected chi connectivity index (χ3v) is 4.48. The molecule has 0 unspecified atom stereocenters. The molecule has 3 rings (SSSR count). The minimum Gasteiger partial charge on any atom is -0.341 e. The molecule has 0 aliphatic rings. The van der Waals surface area contributed by atoms with E-state index in [4.69, 9.17) is 0 Å². The molecule has 0 aliphatic carbocycles. The van der Waals surface area contributed by atoms with E-state index >= 15 is 0 Å². The van der Waals surface area contributed by atoms with Gasteiger partial charge in [0.2, 0.25) is 0 Å². The minimum atomic E-state index is 1.01. The van der Waals surface area contributed by atoms with Crippen LogP contribution in [-0.4, -0.2) is 10.8 Å². The smallest absolute Gasteiger partial charge is 0.0502 e. The molecule has 3 aromatic rings. The maximum atomic E-state index is 2.41. The van der Waals surface area contributed by atoms with Gasteiger partial charge in [0.15, 0.2) is 0 Å². The molecule has 92 valence electrons. The molecule has 0 amide bonds. The fourth-order valence-electron chi connectivity index (χ4n) is 2.74. The molecule has 0 atom stereocenters. The topological polar surface area (TPSA) is 4.93 Å². The van der Waals surface area contributed by atoms with Crippen molar-refractivity contribution < 1.29 is 0 Å². The van der Waals surface area contributed by atoms with Gasteiger partial charge in [0, 0.05) is 27.7 Å². The Bertz CT molecular complexity index is 725. The van der Waals surface area contributed by atoms with E-state index in [0.717, 1.165) is 6.54 Å². The van der Waals surface area contributed by atoms with Crippen LogP contribution in [-0.2, 0) is 6.54 Å². The monoisotopic (exact) mass is 255 g/mol. The van der Waals surface area contributed by atoms with E-state index < -0.39 is 0 Å². The van der Waals surface area contributed by atoms with E-state index in [0.29, 0.717) is 0 Å². The predicted octanol–water partition coefficient (Wildman–Crippen LogP) is 4.84. The summed E-state index contributed by atoms with van der Waals surface area (Å²) < 4.78 is 2.41. The summed E-state index contributed by atoms with van der Waals surface area (Å²) in [5, 5.41) is 2.74. The number of benzene rings is 2. The normalized spacial score (nSPS) is 11.5. The molecule has 0 fully saturated rings. The summed E-state index contributed by atoms with van der Waals surface area (Å²) in [6.45, 7) is 5.43. The number of rotatable bonds is 2. The zero-order chi connectivity index (χ0) is 12.7. The molecule has 0 bridgehead atoms. The second-order valence-electron chi connectivity index (χ2n) is 4.60. The zero-order valence-electron chi connectivity index (χ0n) is 11.0. The highest BCUT2D eigenvalue weighted by Gasteiger charge is 2.10. The van der Waals surface area contributed by atoms with Crippen molar-refractivity contribution in [2.75, 3.05) is 6.26 Å². The first kappa shape index (κ1) is 11.7. The van der Waals surface area contributed by atoms with Crippen molar-refractivity contribution >= 4 is 33.6 Å². The maximum Gasteiger partial charge on any atom is 0.0502 e. The summed E-state index contributed by atoms with van der Waals surface area (Å²) >= 11 is 1.83. The van der Waals surface area contributed by atoms with Crippen LogP contribution in [0.2, 0.25) is 0 Å². The van der Waals surface area contributed by atoms with Gasteiger partial charge in [-0.05, 0) is 43.9 Å². The van der Waals surface area contributed by atoms with E-state index in [1.54, 1.807) is 0 Å². The highest BCUT2D eigenvalue weighted by Crippen LogP contribution is 2.33. The molecule has 0 spiro atoms. The molecular weight excluding hydrogens is 238 g/mol. The Hall–Kier alpha value is -1.41. The Morgan fingerprint density at radius 3 is 2.56 bits per heavy atom. The van der Waals surface area contributed by atoms with Crippen LogP contribution in [0, 0.1) is 6.92 Å². The van der Waals surface area contributed by atoms with Crippen molar-refractivity contribution in [3.63, 3.8) is 0 Å². The second kappa shape index (κ2) is 4.36. The lowest BCUT2D eigenvalue weighted by molar-refractivity contribution is 0.826. The lowest BCUT2D eigenvalue weighted by Crippen LogP contribution is -1.93. The van der Waals surface area contributed by atoms with Crippen LogP contribution < -0.4 is 0 Å². The molecule has 18 heavy (non-hydrogen) atoms. The van der Waals surface area contributed by atoms with E-state index in [-0.39, 0.29) is 0 Å². The number of nitrogens with zero attached hydrogens (tertiary/aromatic N) is 1. The first-order valence-electron chi connectivity index (χ1n) is 6.31. The van der Waals surface area contributed by atoms with Crippen molar-refractivity contribution in [2.24, 2.45) is 0 Å². The van der Waals surface area contributed by atoms with Gasteiger partial charge in [0.05, 0.1) is 5.52 Å². The number of hydrogen-bond acceptors (Lipinski definition) is 1. The highest BCUT2D eigenvalue weighted by molar-refractivity contribution is 7.98. The van der Waals surface area contributed by atoms with Crippen LogP contribution in [0.15, 0.2) is 41.3 Å². The van der Waals surface area contributed by atoms with E-state index in [1.807, 2.05) is 11.8 Å². The van der Waals surface area contributed by atoms with Crippen LogP contribution in [0.3, 0.4) is 0 Å². The molecule has 0 aliphatic heterocycles. The Morgan fingerprint density at radius 1 is 1.06 bits per heavy atom. The molecular formula is C16H17NS. The van der Waals surface area contributed by atoms with Crippen LogP contribution in [0.5, 0.6) is 0 Å². The Balaban J connectivity index is 2.52. The summed E-state index contributed by atoms with van der Waals surface area (Å²) in [4.78, 5) is 1.38. The number of hydrogen-bond donors (Lipinski definition) is 0. The van der Waals surface area contributed by atoms with Gasteiger partial charge in [-0.25, -0.2) is 0 Å². The van der Waals surface area contributed by atoms with Crippen LogP contribution in [0.25, 0.3) is 21.8 Å². The van der Waals surface area contributed by atoms with Gasteiger partial charge < -0.3 is 4.57 Å². The number of aromatic nitrogens is 1. The summed E-state index contributed by atoms with van der Waals surface area (Å²) in [6, 6.07) is 13.3. The first-order chi connectivity index (χ1) is 8.76. The third kappa shape index (κ3) is 1.56. The van der Waals surface area contributed by atoms with Crippen LogP contribution in [0.4, 0.5) is 0 Å². The van der Waals surface area contributed by atoms with Gasteiger partial charge in [-0.3, -0.25) is 0 Å². The zero-order valence-corrected chi connectivity index (χ0v) is 11.8. The Labute approximate surface area is 112 Å². The molecule has 1 nitrogen and oxygen atoms in total. The molecule has 0 saturated heterocycles. The third-order valence-electron chi connectivity index (χ3n) is 3.61. The fraction of sp³-hybridized carbons (Fsp3) is 0.250. The summed E-state index contributed by atoms with van der Waals surface area (Å²) in [7, 11) is 0. The van der Waals surface area contributed by atoms with E-state index in [1.165, 1.54) is 32.3 Å². The van der Waals surface area contributed by atoms with Gasteiger partial charge in [0.1, 0.15) is 0 Å². The van der Waals surface area contributed by atoms with Crippen molar-refractivity contribution in [2.45, 2.75) is 25.3 Å². The average Bonchev–Trinajstić information content (AvgIpc) is 2.71. The number of para-hydroxylation sites is 1. The predicted molar refractivity (Wildman–Crippen MR) is 81.6 cm³/mol. The summed E-state index contributed by atoms with van der Waals surface area (Å²) in [6.07, 6.45) is 2.15. The summed E-state index contributed by atoms with van der Waals surface area (Å²) in [5.74, 6) is 0. The molecule has 0 saturated carbocycles. The lowest BCUT2D eigenvalue weighted by atomic mass is 10.1. The van der Waals surface area contributed by atoms with Gasteiger partial charge in [0.25, 0.3) is 0 Å². The summed E-state index contributed by atoms with van der Waals surface area (Å²) in [5.41, 5.74) is 4.07. The van der Waals surface area contributed by atoms with Crippen molar-refractivity contribution in [3.05, 3.63) is 42.0 Å². The molecule has 1 aromatic heterocycles. The highest BCUT2D eigenvalue weighted by atomic mass is 32.2. The Kier molecular flexibility index (Phi) is 2.83. The van der Waals surface area contributed by atoms with Gasteiger partial charge in [-0.1, -0.05) is 18.2 Å². The number of fused-ring (bicyclic) bond motifs is 3. The van der Waals surface area contributed by atoms with Crippen LogP contribution >= 0.6 is 11.8 Å². The van der Waals surface area contributed by atoms with Crippen molar-refractivity contribution in [1.29, 1.82) is 0 Å². The van der Waals surface area contributed by atoms with Gasteiger partial charge in [-0.2, -0.15) is 0 Å². The van der Waals surface area contributed by atoms with Crippen molar-refractivity contribution in [1.82, 2.24) is 4.57 Å². The number of aryl methyl sites for hydroxylation is 2.